The number of aliphatic hydroxyl groups is 1. The van der Waals surface area contributed by atoms with Gasteiger partial charge < -0.3 is 14.9 Å². The molecule has 1 aromatic rings. The average molecular weight is 294 g/mol. The maximum atomic E-state index is 12.3. The van der Waals surface area contributed by atoms with Crippen LogP contribution in [0.15, 0.2) is 12.3 Å². The quantitative estimate of drug-likeness (QED) is 0.808. The number of aromatic nitrogens is 2. The second-order valence-electron chi connectivity index (χ2n) is 5.40. The third-order valence-corrected chi connectivity index (χ3v) is 3.82. The fourth-order valence-corrected chi connectivity index (χ4v) is 2.54. The van der Waals surface area contributed by atoms with Crippen LogP contribution in [0.25, 0.3) is 0 Å². The first kappa shape index (κ1) is 15.5. The van der Waals surface area contributed by atoms with E-state index in [0.717, 1.165) is 5.69 Å². The summed E-state index contributed by atoms with van der Waals surface area (Å²) in [5.74, 6) is -0.0705. The van der Waals surface area contributed by atoms with E-state index in [1.54, 1.807) is 20.7 Å². The Morgan fingerprint density at radius 1 is 1.33 bits per heavy atom. The lowest BCUT2D eigenvalue weighted by Gasteiger charge is -2.21. The zero-order chi connectivity index (χ0) is 15.4. The van der Waals surface area contributed by atoms with Crippen LogP contribution in [-0.2, 0) is 23.1 Å². The molecule has 7 heteroatoms. The highest BCUT2D eigenvalue weighted by Gasteiger charge is 2.25. The molecule has 1 saturated heterocycles. The Morgan fingerprint density at radius 2 is 2.00 bits per heavy atom. The summed E-state index contributed by atoms with van der Waals surface area (Å²) in [7, 11) is 1.85. The summed E-state index contributed by atoms with van der Waals surface area (Å²) in [6.07, 6.45) is 2.03. The van der Waals surface area contributed by atoms with Crippen molar-refractivity contribution in [3.63, 3.8) is 0 Å². The minimum atomic E-state index is -0.683. The standard InChI is InChI=1S/C14H22N4O3/c1-11(19)17-7-8-18(10-13(20)9-17)14(21)4-3-12-5-6-15-16(12)2/h5-6,13,20H,3-4,7-10H2,1-2H3/t13-/m1/s1. The van der Waals surface area contributed by atoms with Crippen LogP contribution in [0, 0.1) is 0 Å². The van der Waals surface area contributed by atoms with E-state index in [1.807, 2.05) is 13.1 Å². The van der Waals surface area contributed by atoms with Crippen molar-refractivity contribution in [2.45, 2.75) is 25.9 Å². The Balaban J connectivity index is 1.90. The van der Waals surface area contributed by atoms with Crippen molar-refractivity contribution >= 4 is 11.8 Å². The summed E-state index contributed by atoms with van der Waals surface area (Å²) in [6, 6.07) is 1.89. The molecule has 0 aliphatic carbocycles. The van der Waals surface area contributed by atoms with Gasteiger partial charge in [-0.25, -0.2) is 0 Å². The zero-order valence-electron chi connectivity index (χ0n) is 12.5. The molecular weight excluding hydrogens is 272 g/mol. The molecule has 0 saturated carbocycles. The Labute approximate surface area is 124 Å². The number of hydrogen-bond acceptors (Lipinski definition) is 4. The molecule has 1 N–H and O–H groups in total. The van der Waals surface area contributed by atoms with E-state index in [9.17, 15) is 14.7 Å². The Kier molecular flexibility index (Phi) is 4.95. The van der Waals surface area contributed by atoms with E-state index >= 15 is 0 Å². The molecule has 1 aromatic heterocycles. The van der Waals surface area contributed by atoms with Gasteiger partial charge in [0.1, 0.15) is 0 Å². The molecule has 2 rings (SSSR count). The summed E-state index contributed by atoms with van der Waals surface area (Å²) >= 11 is 0. The lowest BCUT2D eigenvalue weighted by atomic mass is 10.2. The van der Waals surface area contributed by atoms with E-state index < -0.39 is 6.10 Å². The minimum Gasteiger partial charge on any atom is -0.389 e. The van der Waals surface area contributed by atoms with Gasteiger partial charge in [0.15, 0.2) is 0 Å². The Hall–Kier alpha value is -1.89. The van der Waals surface area contributed by atoms with Gasteiger partial charge in [-0.15, -0.1) is 0 Å². The second-order valence-corrected chi connectivity index (χ2v) is 5.40. The van der Waals surface area contributed by atoms with Gasteiger partial charge >= 0.3 is 0 Å². The third-order valence-electron chi connectivity index (χ3n) is 3.82. The fraction of sp³-hybridized carbons (Fsp3) is 0.643. The normalized spacial score (nSPS) is 19.5. The highest BCUT2D eigenvalue weighted by molar-refractivity contribution is 5.77. The van der Waals surface area contributed by atoms with Crippen molar-refractivity contribution in [3.05, 3.63) is 18.0 Å². The highest BCUT2D eigenvalue weighted by Crippen LogP contribution is 2.08. The smallest absolute Gasteiger partial charge is 0.223 e. The number of carbonyl (C=O) groups is 2. The summed E-state index contributed by atoms with van der Waals surface area (Å²) in [5.41, 5.74) is 1.00. The molecular formula is C14H22N4O3. The fourth-order valence-electron chi connectivity index (χ4n) is 2.54. The first-order valence-corrected chi connectivity index (χ1v) is 7.15. The van der Waals surface area contributed by atoms with Gasteiger partial charge in [-0.05, 0) is 12.5 Å². The van der Waals surface area contributed by atoms with Crippen molar-refractivity contribution in [1.29, 1.82) is 0 Å². The Morgan fingerprint density at radius 3 is 2.62 bits per heavy atom. The molecule has 0 aromatic carbocycles. The van der Waals surface area contributed by atoms with Crippen molar-refractivity contribution in [1.82, 2.24) is 19.6 Å². The van der Waals surface area contributed by atoms with Gasteiger partial charge in [-0.3, -0.25) is 14.3 Å². The molecule has 0 radical (unpaired) electrons. The van der Waals surface area contributed by atoms with E-state index in [0.29, 0.717) is 32.5 Å². The maximum absolute atomic E-state index is 12.3. The van der Waals surface area contributed by atoms with E-state index in [4.69, 9.17) is 0 Å². The summed E-state index contributed by atoms with van der Waals surface area (Å²) in [4.78, 5) is 26.9. The van der Waals surface area contributed by atoms with Crippen LogP contribution in [0.5, 0.6) is 0 Å². The molecule has 0 spiro atoms. The molecule has 1 aliphatic rings. The van der Waals surface area contributed by atoms with Crippen molar-refractivity contribution in [2.75, 3.05) is 26.2 Å². The van der Waals surface area contributed by atoms with Crippen LogP contribution < -0.4 is 0 Å². The maximum Gasteiger partial charge on any atom is 0.223 e. The summed E-state index contributed by atoms with van der Waals surface area (Å²) in [6.45, 7) is 3.01. The number of aliphatic hydroxyl groups excluding tert-OH is 1. The number of amides is 2. The molecule has 7 nitrogen and oxygen atoms in total. The van der Waals surface area contributed by atoms with Gasteiger partial charge in [0.25, 0.3) is 0 Å². The molecule has 21 heavy (non-hydrogen) atoms. The van der Waals surface area contributed by atoms with Crippen molar-refractivity contribution in [3.8, 4) is 0 Å². The lowest BCUT2D eigenvalue weighted by Crippen LogP contribution is -2.37. The van der Waals surface area contributed by atoms with Gasteiger partial charge in [0, 0.05) is 58.5 Å². The second kappa shape index (κ2) is 6.71. The number of carbonyl (C=O) groups excluding carboxylic acids is 2. The van der Waals surface area contributed by atoms with Gasteiger partial charge in [0.2, 0.25) is 11.8 Å². The molecule has 0 unspecified atom stereocenters. The number of nitrogens with zero attached hydrogens (tertiary/aromatic N) is 4. The van der Waals surface area contributed by atoms with Crippen LogP contribution in [0.3, 0.4) is 0 Å². The van der Waals surface area contributed by atoms with E-state index in [-0.39, 0.29) is 18.4 Å². The number of β-amino-alcohol motifs (C(OH)–C–C–N with tert-alkyl or cyclic N) is 1. The van der Waals surface area contributed by atoms with Crippen LogP contribution in [0.4, 0.5) is 0 Å². The topological polar surface area (TPSA) is 78.7 Å². The molecule has 116 valence electrons. The van der Waals surface area contributed by atoms with Crippen molar-refractivity contribution in [2.24, 2.45) is 7.05 Å². The first-order valence-electron chi connectivity index (χ1n) is 7.15. The largest absolute Gasteiger partial charge is 0.389 e. The van der Waals surface area contributed by atoms with Gasteiger partial charge in [0.05, 0.1) is 6.10 Å². The van der Waals surface area contributed by atoms with Crippen LogP contribution in [0.2, 0.25) is 0 Å². The number of aryl methyl sites for hydroxylation is 2. The minimum absolute atomic E-state index is 0.000604. The predicted molar refractivity (Wildman–Crippen MR) is 76.4 cm³/mol. The summed E-state index contributed by atoms with van der Waals surface area (Å²) in [5, 5.41) is 14.0. The lowest BCUT2D eigenvalue weighted by molar-refractivity contribution is -0.132. The average Bonchev–Trinajstić information content (AvgIpc) is 2.72. The van der Waals surface area contributed by atoms with Crippen LogP contribution in [0.1, 0.15) is 19.0 Å². The van der Waals surface area contributed by atoms with Gasteiger partial charge in [-0.1, -0.05) is 0 Å². The molecule has 0 bridgehead atoms. The molecule has 1 atom stereocenters. The monoisotopic (exact) mass is 294 g/mol. The number of rotatable bonds is 3. The van der Waals surface area contributed by atoms with Crippen LogP contribution in [-0.4, -0.2) is 68.8 Å². The Bertz CT molecular complexity index is 514. The molecule has 1 fully saturated rings. The number of hydrogen-bond donors (Lipinski definition) is 1. The van der Waals surface area contributed by atoms with E-state index in [2.05, 4.69) is 5.10 Å². The van der Waals surface area contributed by atoms with Crippen molar-refractivity contribution < 1.29 is 14.7 Å². The summed E-state index contributed by atoms with van der Waals surface area (Å²) < 4.78 is 1.75. The van der Waals surface area contributed by atoms with Crippen LogP contribution >= 0.6 is 0 Å². The molecule has 2 heterocycles. The highest BCUT2D eigenvalue weighted by atomic mass is 16.3. The SMILES string of the molecule is CC(=O)N1CCN(C(=O)CCc2ccnn2C)C[C@H](O)C1. The molecule has 1 aliphatic heterocycles. The van der Waals surface area contributed by atoms with E-state index in [1.165, 1.54) is 6.92 Å². The first-order chi connectivity index (χ1) is 9.97. The molecule has 2 amide bonds. The predicted octanol–water partition coefficient (Wildman–Crippen LogP) is -0.596. The van der Waals surface area contributed by atoms with Gasteiger partial charge in [-0.2, -0.15) is 5.10 Å². The zero-order valence-corrected chi connectivity index (χ0v) is 12.5. The third kappa shape index (κ3) is 4.04.